The number of sulfonamides is 1. The minimum atomic E-state index is -3.58. The summed E-state index contributed by atoms with van der Waals surface area (Å²) >= 11 is 0. The SMILES string of the molecule is CC(C)n1cc2c(n1)[C@@H](NS(=O)(=O)c1cccnc1)CCC2. The maximum absolute atomic E-state index is 12.5. The summed E-state index contributed by atoms with van der Waals surface area (Å²) in [6, 6.07) is 3.16. The number of hydrogen-bond acceptors (Lipinski definition) is 4. The zero-order chi connectivity index (χ0) is 15.7. The molecule has 7 heteroatoms. The zero-order valence-electron chi connectivity index (χ0n) is 12.7. The van der Waals surface area contributed by atoms with Crippen molar-refractivity contribution in [3.05, 3.63) is 42.0 Å². The first-order valence-electron chi connectivity index (χ1n) is 7.47. The Morgan fingerprint density at radius 1 is 1.41 bits per heavy atom. The van der Waals surface area contributed by atoms with Gasteiger partial charge in [-0.2, -0.15) is 5.10 Å². The molecule has 1 aliphatic carbocycles. The average molecular weight is 320 g/mol. The van der Waals surface area contributed by atoms with Gasteiger partial charge in [-0.05, 0) is 50.8 Å². The summed E-state index contributed by atoms with van der Waals surface area (Å²) in [5.41, 5.74) is 1.99. The first kappa shape index (κ1) is 15.2. The number of nitrogens with zero attached hydrogens (tertiary/aromatic N) is 3. The molecule has 0 unspecified atom stereocenters. The molecule has 2 heterocycles. The number of rotatable bonds is 4. The summed E-state index contributed by atoms with van der Waals surface area (Å²) in [4.78, 5) is 4.06. The fraction of sp³-hybridized carbons (Fsp3) is 0.467. The van der Waals surface area contributed by atoms with Crippen LogP contribution in [0.4, 0.5) is 0 Å². The molecule has 1 N–H and O–H groups in total. The number of fused-ring (bicyclic) bond motifs is 1. The monoisotopic (exact) mass is 320 g/mol. The normalized spacial score (nSPS) is 18.4. The lowest BCUT2D eigenvalue weighted by Crippen LogP contribution is -2.31. The number of hydrogen-bond donors (Lipinski definition) is 1. The summed E-state index contributed by atoms with van der Waals surface area (Å²) in [6.45, 7) is 4.13. The molecule has 0 aromatic carbocycles. The third-order valence-electron chi connectivity index (χ3n) is 3.88. The Labute approximate surface area is 130 Å². The van der Waals surface area contributed by atoms with Gasteiger partial charge in [0.25, 0.3) is 0 Å². The van der Waals surface area contributed by atoms with Gasteiger partial charge in [0.05, 0.1) is 11.7 Å². The summed E-state index contributed by atoms with van der Waals surface area (Å²) < 4.78 is 29.6. The molecule has 6 nitrogen and oxygen atoms in total. The molecule has 118 valence electrons. The highest BCUT2D eigenvalue weighted by molar-refractivity contribution is 7.89. The van der Waals surface area contributed by atoms with Crippen LogP contribution in [0.3, 0.4) is 0 Å². The maximum atomic E-state index is 12.5. The topological polar surface area (TPSA) is 76.9 Å². The van der Waals surface area contributed by atoms with Crippen molar-refractivity contribution in [1.82, 2.24) is 19.5 Å². The zero-order valence-corrected chi connectivity index (χ0v) is 13.5. The molecule has 2 aromatic heterocycles. The van der Waals surface area contributed by atoms with E-state index in [1.54, 1.807) is 18.3 Å². The molecule has 0 aliphatic heterocycles. The van der Waals surface area contributed by atoms with Crippen LogP contribution in [0.15, 0.2) is 35.6 Å². The van der Waals surface area contributed by atoms with E-state index in [4.69, 9.17) is 0 Å². The van der Waals surface area contributed by atoms with Gasteiger partial charge < -0.3 is 0 Å². The summed E-state index contributed by atoms with van der Waals surface area (Å²) in [7, 11) is -3.58. The van der Waals surface area contributed by atoms with Crippen LogP contribution in [0.2, 0.25) is 0 Å². The fourth-order valence-electron chi connectivity index (χ4n) is 2.70. The van der Waals surface area contributed by atoms with Crippen molar-refractivity contribution in [2.45, 2.75) is 50.1 Å². The Hall–Kier alpha value is -1.73. The Kier molecular flexibility index (Phi) is 4.01. The van der Waals surface area contributed by atoms with E-state index in [-0.39, 0.29) is 17.0 Å². The van der Waals surface area contributed by atoms with E-state index >= 15 is 0 Å². The maximum Gasteiger partial charge on any atom is 0.242 e. The number of pyridine rings is 1. The van der Waals surface area contributed by atoms with Gasteiger partial charge in [-0.15, -0.1) is 0 Å². The van der Waals surface area contributed by atoms with Crippen molar-refractivity contribution >= 4 is 10.0 Å². The van der Waals surface area contributed by atoms with Gasteiger partial charge in [-0.1, -0.05) is 0 Å². The van der Waals surface area contributed by atoms with Crippen LogP contribution in [-0.4, -0.2) is 23.2 Å². The quantitative estimate of drug-likeness (QED) is 0.937. The van der Waals surface area contributed by atoms with Crippen molar-refractivity contribution in [3.63, 3.8) is 0 Å². The molecule has 0 saturated heterocycles. The Morgan fingerprint density at radius 3 is 2.91 bits per heavy atom. The Morgan fingerprint density at radius 2 is 2.23 bits per heavy atom. The van der Waals surface area contributed by atoms with Gasteiger partial charge in [0.1, 0.15) is 4.90 Å². The van der Waals surface area contributed by atoms with Crippen molar-refractivity contribution < 1.29 is 8.42 Å². The summed E-state index contributed by atoms with van der Waals surface area (Å²) in [5.74, 6) is 0. The second-order valence-electron chi connectivity index (χ2n) is 5.87. The van der Waals surface area contributed by atoms with E-state index in [9.17, 15) is 8.42 Å². The molecule has 0 saturated carbocycles. The minimum Gasteiger partial charge on any atom is -0.270 e. The second-order valence-corrected chi connectivity index (χ2v) is 7.58. The second kappa shape index (κ2) is 5.81. The molecule has 22 heavy (non-hydrogen) atoms. The molecule has 2 aromatic rings. The molecule has 0 amide bonds. The van der Waals surface area contributed by atoms with E-state index < -0.39 is 10.0 Å². The first-order valence-corrected chi connectivity index (χ1v) is 8.96. The van der Waals surface area contributed by atoms with Crippen LogP contribution in [-0.2, 0) is 16.4 Å². The van der Waals surface area contributed by atoms with E-state index in [0.29, 0.717) is 0 Å². The molecular weight excluding hydrogens is 300 g/mol. The van der Waals surface area contributed by atoms with Crippen LogP contribution >= 0.6 is 0 Å². The highest BCUT2D eigenvalue weighted by Gasteiger charge is 2.28. The van der Waals surface area contributed by atoms with Crippen LogP contribution < -0.4 is 4.72 Å². The van der Waals surface area contributed by atoms with Crippen molar-refractivity contribution in [2.75, 3.05) is 0 Å². The number of aromatic nitrogens is 3. The van der Waals surface area contributed by atoms with Gasteiger partial charge in [-0.25, -0.2) is 13.1 Å². The van der Waals surface area contributed by atoms with Crippen LogP contribution in [0.5, 0.6) is 0 Å². The molecule has 3 rings (SSSR count). The minimum absolute atomic E-state index is 0.186. The standard InChI is InChI=1S/C15H20N4O2S/c1-11(2)19-10-12-5-3-7-14(15(12)17-19)18-22(20,21)13-6-4-8-16-9-13/h4,6,8-11,14,18H,3,5,7H2,1-2H3/t14-/m0/s1. The van der Waals surface area contributed by atoms with Crippen LogP contribution in [0, 0.1) is 0 Å². The lowest BCUT2D eigenvalue weighted by Gasteiger charge is -2.22. The van der Waals surface area contributed by atoms with Gasteiger partial charge >= 0.3 is 0 Å². The molecule has 0 bridgehead atoms. The van der Waals surface area contributed by atoms with E-state index in [1.807, 2.05) is 10.9 Å². The number of nitrogens with one attached hydrogen (secondary N) is 1. The molecule has 0 fully saturated rings. The van der Waals surface area contributed by atoms with Crippen molar-refractivity contribution in [1.29, 1.82) is 0 Å². The number of aryl methyl sites for hydroxylation is 1. The molecule has 0 radical (unpaired) electrons. The third-order valence-corrected chi connectivity index (χ3v) is 5.34. The first-order chi connectivity index (χ1) is 10.5. The third kappa shape index (κ3) is 2.91. The lowest BCUT2D eigenvalue weighted by atomic mass is 9.94. The molecule has 1 aliphatic rings. The molecule has 0 spiro atoms. The predicted molar refractivity (Wildman–Crippen MR) is 82.8 cm³/mol. The fourth-order valence-corrected chi connectivity index (χ4v) is 3.90. The Balaban J connectivity index is 1.89. The van der Waals surface area contributed by atoms with Crippen LogP contribution in [0.25, 0.3) is 0 Å². The van der Waals surface area contributed by atoms with Crippen molar-refractivity contribution in [2.24, 2.45) is 0 Å². The lowest BCUT2D eigenvalue weighted by molar-refractivity contribution is 0.481. The van der Waals surface area contributed by atoms with Gasteiger partial charge in [0, 0.05) is 24.6 Å². The summed E-state index contributed by atoms with van der Waals surface area (Å²) in [6.07, 6.45) is 7.62. The highest BCUT2D eigenvalue weighted by Crippen LogP contribution is 2.30. The van der Waals surface area contributed by atoms with E-state index in [0.717, 1.165) is 30.5 Å². The summed E-state index contributed by atoms with van der Waals surface area (Å²) in [5, 5.41) is 4.58. The molecular formula is C15H20N4O2S. The average Bonchev–Trinajstić information content (AvgIpc) is 2.93. The molecule has 1 atom stereocenters. The smallest absolute Gasteiger partial charge is 0.242 e. The van der Waals surface area contributed by atoms with Gasteiger partial charge in [0.2, 0.25) is 10.0 Å². The van der Waals surface area contributed by atoms with Crippen LogP contribution in [0.1, 0.15) is 50.0 Å². The van der Waals surface area contributed by atoms with Gasteiger partial charge in [0.15, 0.2) is 0 Å². The van der Waals surface area contributed by atoms with E-state index in [1.165, 1.54) is 6.20 Å². The van der Waals surface area contributed by atoms with Gasteiger partial charge in [-0.3, -0.25) is 9.67 Å². The Bertz CT molecular complexity index is 753. The largest absolute Gasteiger partial charge is 0.270 e. The van der Waals surface area contributed by atoms with E-state index in [2.05, 4.69) is 28.7 Å². The predicted octanol–water partition coefficient (Wildman–Crippen LogP) is 2.21. The highest BCUT2D eigenvalue weighted by atomic mass is 32.2. The van der Waals surface area contributed by atoms with Crippen molar-refractivity contribution in [3.8, 4) is 0 Å².